The van der Waals surface area contributed by atoms with Crippen molar-refractivity contribution in [2.45, 2.75) is 0 Å². The van der Waals surface area contributed by atoms with Crippen molar-refractivity contribution in [1.29, 1.82) is 0 Å². The summed E-state index contributed by atoms with van der Waals surface area (Å²) in [5, 5.41) is 1.92. The molecule has 2 bridgehead atoms. The van der Waals surface area contributed by atoms with Crippen LogP contribution in [-0.2, 0) is 9.59 Å². The van der Waals surface area contributed by atoms with E-state index in [0.29, 0.717) is 5.69 Å². The van der Waals surface area contributed by atoms with Gasteiger partial charge >= 0.3 is 0 Å². The summed E-state index contributed by atoms with van der Waals surface area (Å²) in [4.78, 5) is 29.6. The zero-order chi connectivity index (χ0) is 26.7. The van der Waals surface area contributed by atoms with Crippen molar-refractivity contribution >= 4 is 33.8 Å². The van der Waals surface area contributed by atoms with Gasteiger partial charge in [0.25, 0.3) is 0 Å². The second-order valence-electron chi connectivity index (χ2n) is 10.3. The summed E-state index contributed by atoms with van der Waals surface area (Å²) in [7, 11) is 3.30. The molecule has 2 fully saturated rings. The SMILES string of the molecule is COc1ccc(C(=C2[C@H]3C=C[C@H]2[C@H]2C(=O)N(c4cccc5ccccc45)C(=O)[C@H]23)c2ccc(OC)cc2)cc1. The molecule has 1 saturated carbocycles. The van der Waals surface area contributed by atoms with E-state index >= 15 is 0 Å². The first-order valence-corrected chi connectivity index (χ1v) is 13.2. The molecule has 5 heteroatoms. The number of anilines is 1. The summed E-state index contributed by atoms with van der Waals surface area (Å²) in [5.41, 5.74) is 4.93. The first-order valence-electron chi connectivity index (χ1n) is 13.2. The number of benzene rings is 4. The van der Waals surface area contributed by atoms with E-state index in [0.717, 1.165) is 44.5 Å². The molecule has 0 unspecified atom stereocenters. The van der Waals surface area contributed by atoms with Gasteiger partial charge in [-0.15, -0.1) is 0 Å². The van der Waals surface area contributed by atoms with Crippen LogP contribution in [0.2, 0.25) is 0 Å². The van der Waals surface area contributed by atoms with Gasteiger partial charge < -0.3 is 9.47 Å². The van der Waals surface area contributed by atoms with Crippen molar-refractivity contribution in [3.05, 3.63) is 120 Å². The maximum Gasteiger partial charge on any atom is 0.238 e. The molecule has 0 radical (unpaired) electrons. The first-order chi connectivity index (χ1) is 19.1. The predicted molar refractivity (Wildman–Crippen MR) is 152 cm³/mol. The van der Waals surface area contributed by atoms with E-state index in [1.165, 1.54) is 4.90 Å². The number of amides is 2. The first kappa shape index (κ1) is 23.5. The third-order valence-electron chi connectivity index (χ3n) is 8.47. The van der Waals surface area contributed by atoms with Crippen LogP contribution < -0.4 is 14.4 Å². The number of rotatable bonds is 5. The van der Waals surface area contributed by atoms with Crippen LogP contribution in [0.5, 0.6) is 11.5 Å². The Bertz CT molecular complexity index is 1590. The zero-order valence-electron chi connectivity index (χ0n) is 21.7. The van der Waals surface area contributed by atoms with Gasteiger partial charge in [-0.3, -0.25) is 9.59 Å². The molecule has 1 heterocycles. The highest BCUT2D eigenvalue weighted by Gasteiger charge is 2.62. The highest BCUT2D eigenvalue weighted by atomic mass is 16.5. The van der Waals surface area contributed by atoms with Crippen LogP contribution in [0.3, 0.4) is 0 Å². The lowest BCUT2D eigenvalue weighted by Crippen LogP contribution is -2.33. The van der Waals surface area contributed by atoms with E-state index in [1.54, 1.807) is 14.2 Å². The number of hydrogen-bond donors (Lipinski definition) is 0. The largest absolute Gasteiger partial charge is 0.497 e. The van der Waals surface area contributed by atoms with Crippen LogP contribution in [-0.4, -0.2) is 26.0 Å². The minimum atomic E-state index is -0.409. The molecule has 0 aromatic heterocycles. The second-order valence-corrected chi connectivity index (χ2v) is 10.3. The number of fused-ring (bicyclic) bond motifs is 6. The molecule has 3 aliphatic rings. The van der Waals surface area contributed by atoms with Gasteiger partial charge in [0.15, 0.2) is 0 Å². The third-order valence-corrected chi connectivity index (χ3v) is 8.47. The number of methoxy groups -OCH3 is 2. The highest BCUT2D eigenvalue weighted by Crippen LogP contribution is 2.59. The van der Waals surface area contributed by atoms with Gasteiger partial charge in [-0.05, 0) is 58.0 Å². The lowest BCUT2D eigenvalue weighted by molar-refractivity contribution is -0.122. The molecule has 1 saturated heterocycles. The maximum atomic E-state index is 14.1. The fourth-order valence-corrected chi connectivity index (χ4v) is 6.75. The van der Waals surface area contributed by atoms with E-state index in [4.69, 9.17) is 9.47 Å². The standard InChI is InChI=1S/C34H27NO4/c1-38-23-14-10-21(11-15-23)29(22-12-16-24(39-2)17-13-22)30-26-18-19-27(30)32-31(26)33(36)35(34(32)37)28-9-5-7-20-6-3-4-8-25(20)28/h3-19,26-27,31-32H,1-2H3/t26-,27-,31-,32+/m1/s1. The topological polar surface area (TPSA) is 55.8 Å². The van der Waals surface area contributed by atoms with E-state index in [9.17, 15) is 9.59 Å². The summed E-state index contributed by atoms with van der Waals surface area (Å²) >= 11 is 0. The molecule has 0 spiro atoms. The summed E-state index contributed by atoms with van der Waals surface area (Å²) in [5.74, 6) is 0.225. The highest BCUT2D eigenvalue weighted by molar-refractivity contribution is 6.26. The number of imide groups is 1. The van der Waals surface area contributed by atoms with Gasteiger partial charge in [0, 0.05) is 17.2 Å². The number of carbonyl (C=O) groups is 2. The Kier molecular flexibility index (Phi) is 5.41. The van der Waals surface area contributed by atoms with Gasteiger partial charge in [0.05, 0.1) is 31.7 Å². The normalized spacial score (nSPS) is 23.0. The molecule has 1 aliphatic heterocycles. The van der Waals surface area contributed by atoms with Gasteiger partial charge in [-0.1, -0.05) is 72.8 Å². The van der Waals surface area contributed by atoms with Crippen molar-refractivity contribution in [2.75, 3.05) is 19.1 Å². The Morgan fingerprint density at radius 1 is 0.641 bits per heavy atom. The summed E-state index contributed by atoms with van der Waals surface area (Å²) < 4.78 is 10.8. The quantitative estimate of drug-likeness (QED) is 0.233. The van der Waals surface area contributed by atoms with Gasteiger partial charge in [0.2, 0.25) is 11.8 Å². The lowest BCUT2D eigenvalue weighted by atomic mass is 9.85. The van der Waals surface area contributed by atoms with Gasteiger partial charge in [-0.2, -0.15) is 0 Å². The van der Waals surface area contributed by atoms with E-state index < -0.39 is 11.8 Å². The average molecular weight is 514 g/mol. The maximum absolute atomic E-state index is 14.1. The molecular formula is C34H27NO4. The fourth-order valence-electron chi connectivity index (χ4n) is 6.75. The van der Waals surface area contributed by atoms with Crippen LogP contribution in [0.1, 0.15) is 11.1 Å². The molecule has 2 aliphatic carbocycles. The van der Waals surface area contributed by atoms with Crippen molar-refractivity contribution in [3.8, 4) is 11.5 Å². The zero-order valence-corrected chi connectivity index (χ0v) is 21.7. The molecule has 0 N–H and O–H groups in total. The Hall–Kier alpha value is -4.64. The molecule has 7 rings (SSSR count). The van der Waals surface area contributed by atoms with Crippen molar-refractivity contribution in [2.24, 2.45) is 23.7 Å². The summed E-state index contributed by atoms with van der Waals surface area (Å²) in [6, 6.07) is 29.7. The van der Waals surface area contributed by atoms with Crippen LogP contribution in [0.4, 0.5) is 5.69 Å². The van der Waals surface area contributed by atoms with Crippen LogP contribution in [0, 0.1) is 23.7 Å². The second kappa shape index (κ2) is 8.98. The Balaban J connectivity index is 1.36. The third kappa shape index (κ3) is 3.46. The smallest absolute Gasteiger partial charge is 0.238 e. The molecule has 5 nitrogen and oxygen atoms in total. The molecule has 4 aromatic rings. The summed E-state index contributed by atoms with van der Waals surface area (Å²) in [6.07, 6.45) is 4.26. The molecular weight excluding hydrogens is 486 g/mol. The van der Waals surface area contributed by atoms with E-state index in [-0.39, 0.29) is 23.7 Å². The minimum Gasteiger partial charge on any atom is -0.497 e. The number of allylic oxidation sites excluding steroid dienone is 3. The predicted octanol–water partition coefficient (Wildman–Crippen LogP) is 6.28. The molecule has 2 amide bonds. The molecule has 192 valence electrons. The number of hydrogen-bond acceptors (Lipinski definition) is 4. The lowest BCUT2D eigenvalue weighted by Gasteiger charge is -2.22. The number of nitrogens with zero attached hydrogens (tertiary/aromatic N) is 1. The Morgan fingerprint density at radius 2 is 1.15 bits per heavy atom. The van der Waals surface area contributed by atoms with E-state index in [2.05, 4.69) is 12.2 Å². The number of ether oxygens (including phenoxy) is 2. The van der Waals surface area contributed by atoms with Crippen LogP contribution in [0.15, 0.2) is 109 Å². The minimum absolute atomic E-state index is 0.112. The Morgan fingerprint density at radius 3 is 1.69 bits per heavy atom. The van der Waals surface area contributed by atoms with Gasteiger partial charge in [-0.25, -0.2) is 4.90 Å². The molecule has 4 atom stereocenters. The summed E-state index contributed by atoms with van der Waals surface area (Å²) in [6.45, 7) is 0. The van der Waals surface area contributed by atoms with Crippen molar-refractivity contribution in [1.82, 2.24) is 0 Å². The van der Waals surface area contributed by atoms with Crippen molar-refractivity contribution in [3.63, 3.8) is 0 Å². The van der Waals surface area contributed by atoms with E-state index in [1.807, 2.05) is 91.0 Å². The van der Waals surface area contributed by atoms with Crippen LogP contribution in [0.25, 0.3) is 16.3 Å². The Labute approximate surface area is 227 Å². The molecule has 39 heavy (non-hydrogen) atoms. The monoisotopic (exact) mass is 513 g/mol. The number of carbonyl (C=O) groups excluding carboxylic acids is 2. The van der Waals surface area contributed by atoms with Crippen molar-refractivity contribution < 1.29 is 19.1 Å². The van der Waals surface area contributed by atoms with Gasteiger partial charge in [0.1, 0.15) is 11.5 Å². The fraction of sp³-hybridized carbons (Fsp3) is 0.176. The average Bonchev–Trinajstić information content (AvgIpc) is 3.62. The van der Waals surface area contributed by atoms with Crippen LogP contribution >= 0.6 is 0 Å². The molecule has 4 aromatic carbocycles.